The van der Waals surface area contributed by atoms with Gasteiger partial charge >= 0.3 is 0 Å². The Hall–Kier alpha value is -1.68. The maximum Gasteiger partial charge on any atom is 0.192 e. The number of carbonyl (C=O) groups excluding carboxylic acids is 1. The van der Waals surface area contributed by atoms with Crippen molar-refractivity contribution in [2.75, 3.05) is 0 Å². The average molecular weight is 235 g/mol. The number of aliphatic hydroxyl groups excluding tert-OH is 1. The molecule has 17 heavy (non-hydrogen) atoms. The van der Waals surface area contributed by atoms with Crippen LogP contribution in [0.1, 0.15) is 37.8 Å². The van der Waals surface area contributed by atoms with Crippen molar-refractivity contribution in [3.63, 3.8) is 0 Å². The third-order valence-corrected chi connectivity index (χ3v) is 2.22. The van der Waals surface area contributed by atoms with E-state index in [9.17, 15) is 9.90 Å². The molecule has 4 heteroatoms. The summed E-state index contributed by atoms with van der Waals surface area (Å²) in [7, 11) is 0. The van der Waals surface area contributed by atoms with Crippen molar-refractivity contribution in [1.29, 1.82) is 0 Å². The van der Waals surface area contributed by atoms with Gasteiger partial charge in [0.25, 0.3) is 0 Å². The van der Waals surface area contributed by atoms with Gasteiger partial charge in [-0.25, -0.2) is 4.98 Å². The largest absolute Gasteiger partial charge is 0.441 e. The maximum atomic E-state index is 10.3. The van der Waals surface area contributed by atoms with Crippen molar-refractivity contribution in [2.45, 2.75) is 33.3 Å². The number of benzene rings is 1. The zero-order chi connectivity index (χ0) is 12.8. The van der Waals surface area contributed by atoms with Gasteiger partial charge in [0.2, 0.25) is 0 Å². The van der Waals surface area contributed by atoms with Crippen LogP contribution in [0.4, 0.5) is 0 Å². The van der Waals surface area contributed by atoms with Crippen molar-refractivity contribution in [2.24, 2.45) is 0 Å². The molecule has 0 unspecified atom stereocenters. The van der Waals surface area contributed by atoms with E-state index in [2.05, 4.69) is 4.98 Å². The fourth-order valence-electron chi connectivity index (χ4n) is 1.49. The number of aldehydes is 1. The van der Waals surface area contributed by atoms with Crippen molar-refractivity contribution < 1.29 is 14.3 Å². The first-order chi connectivity index (χ1) is 8.20. The first kappa shape index (κ1) is 13.4. The van der Waals surface area contributed by atoms with Crippen LogP contribution in [0.5, 0.6) is 0 Å². The van der Waals surface area contributed by atoms with E-state index in [1.54, 1.807) is 25.1 Å². The normalized spacial score (nSPS) is 11.8. The van der Waals surface area contributed by atoms with Gasteiger partial charge in [-0.3, -0.25) is 0 Å². The smallest absolute Gasteiger partial charge is 0.192 e. The summed E-state index contributed by atoms with van der Waals surface area (Å²) in [6, 6.07) is 5.22. The molecule has 1 heterocycles. The molecule has 4 nitrogen and oxygen atoms in total. The minimum absolute atomic E-state index is 0.0995. The Balaban J connectivity index is 0.000000686. The van der Waals surface area contributed by atoms with Gasteiger partial charge in [-0.15, -0.1) is 0 Å². The number of hydrogen-bond acceptors (Lipinski definition) is 4. The predicted molar refractivity (Wildman–Crippen MR) is 65.7 cm³/mol. The van der Waals surface area contributed by atoms with Crippen LogP contribution >= 0.6 is 0 Å². The Labute approximate surface area is 100 Å². The lowest BCUT2D eigenvalue weighted by Crippen LogP contribution is -1.97. The lowest BCUT2D eigenvalue weighted by atomic mass is 10.1. The molecule has 1 aromatic heterocycles. The number of aliphatic hydroxyl groups is 1. The van der Waals surface area contributed by atoms with E-state index in [0.717, 1.165) is 0 Å². The Morgan fingerprint density at radius 3 is 2.82 bits per heavy atom. The first-order valence-corrected chi connectivity index (χ1v) is 5.69. The molecule has 0 saturated carbocycles. The first-order valence-electron chi connectivity index (χ1n) is 5.69. The van der Waals surface area contributed by atoms with Gasteiger partial charge in [0.15, 0.2) is 11.5 Å². The number of oxazole rings is 1. The van der Waals surface area contributed by atoms with Crippen LogP contribution in [0, 0.1) is 6.92 Å². The van der Waals surface area contributed by atoms with Gasteiger partial charge in [0.05, 0.1) is 6.10 Å². The Morgan fingerprint density at radius 2 is 2.18 bits per heavy atom. The fraction of sp³-hybridized carbons (Fsp3) is 0.385. The van der Waals surface area contributed by atoms with Gasteiger partial charge in [0.1, 0.15) is 11.8 Å². The van der Waals surface area contributed by atoms with Crippen LogP contribution in [0.15, 0.2) is 22.6 Å². The summed E-state index contributed by atoms with van der Waals surface area (Å²) < 4.78 is 5.30. The minimum atomic E-state index is -0.760. The molecule has 0 aliphatic rings. The summed E-state index contributed by atoms with van der Waals surface area (Å²) in [5.41, 5.74) is 2.08. The highest BCUT2D eigenvalue weighted by Gasteiger charge is 2.09. The average Bonchev–Trinajstić information content (AvgIpc) is 2.71. The summed E-state index contributed by atoms with van der Waals surface area (Å²) in [5, 5.41) is 9.60. The van der Waals surface area contributed by atoms with Crippen LogP contribution in [-0.4, -0.2) is 16.4 Å². The minimum Gasteiger partial charge on any atom is -0.441 e. The van der Waals surface area contributed by atoms with Crippen LogP contribution in [0.3, 0.4) is 0 Å². The van der Waals surface area contributed by atoms with Gasteiger partial charge in [-0.1, -0.05) is 19.9 Å². The molecule has 0 radical (unpaired) electrons. The Bertz CT molecular complexity index is 490. The quantitative estimate of drug-likeness (QED) is 0.831. The van der Waals surface area contributed by atoms with Gasteiger partial charge in [0, 0.05) is 13.3 Å². The highest BCUT2D eigenvalue weighted by Crippen LogP contribution is 2.22. The summed E-state index contributed by atoms with van der Waals surface area (Å²) in [4.78, 5) is 14.4. The molecule has 0 amide bonds. The molecule has 0 aliphatic heterocycles. The van der Waals surface area contributed by atoms with Crippen LogP contribution in [0.25, 0.3) is 11.1 Å². The molecular weight excluding hydrogens is 218 g/mol. The second-order valence-electron chi connectivity index (χ2n) is 3.38. The van der Waals surface area contributed by atoms with Crippen molar-refractivity contribution in [1.82, 2.24) is 4.98 Å². The van der Waals surface area contributed by atoms with Gasteiger partial charge < -0.3 is 14.3 Å². The fourth-order valence-corrected chi connectivity index (χ4v) is 1.49. The molecule has 2 aromatic rings. The molecule has 1 aromatic carbocycles. The Morgan fingerprint density at radius 1 is 1.47 bits per heavy atom. The summed E-state index contributed by atoms with van der Waals surface area (Å²) in [6.45, 7) is 5.77. The van der Waals surface area contributed by atoms with E-state index >= 15 is 0 Å². The van der Waals surface area contributed by atoms with E-state index < -0.39 is 6.10 Å². The van der Waals surface area contributed by atoms with Crippen LogP contribution in [0.2, 0.25) is 0 Å². The zero-order valence-corrected chi connectivity index (χ0v) is 10.3. The predicted octanol–water partition coefficient (Wildman–Crippen LogP) is 2.78. The molecule has 0 saturated heterocycles. The van der Waals surface area contributed by atoms with E-state index in [1.165, 1.54) is 0 Å². The molecular formula is C13H17NO3. The number of aryl methyl sites for hydroxylation is 1. The topological polar surface area (TPSA) is 63.3 Å². The summed E-state index contributed by atoms with van der Waals surface area (Å²) in [5.74, 6) is 0.590. The number of nitrogens with zero attached hydrogens (tertiary/aromatic N) is 1. The van der Waals surface area contributed by atoms with Crippen molar-refractivity contribution in [3.8, 4) is 0 Å². The lowest BCUT2D eigenvalue weighted by Gasteiger charge is -2.05. The highest BCUT2D eigenvalue weighted by molar-refractivity contribution is 5.73. The zero-order valence-electron chi connectivity index (χ0n) is 10.3. The number of hydrogen-bond donors (Lipinski definition) is 1. The van der Waals surface area contributed by atoms with E-state index in [4.69, 9.17) is 4.42 Å². The third-order valence-electron chi connectivity index (χ3n) is 2.22. The summed E-state index contributed by atoms with van der Waals surface area (Å²) >= 11 is 0. The monoisotopic (exact) mass is 235 g/mol. The second kappa shape index (κ2) is 6.15. The van der Waals surface area contributed by atoms with Crippen LogP contribution < -0.4 is 0 Å². The molecule has 0 fully saturated rings. The summed E-state index contributed by atoms with van der Waals surface area (Å²) in [6.07, 6.45) is 0.0366. The molecule has 1 N–H and O–H groups in total. The van der Waals surface area contributed by atoms with Gasteiger partial charge in [-0.05, 0) is 17.7 Å². The van der Waals surface area contributed by atoms with Gasteiger partial charge in [-0.2, -0.15) is 0 Å². The lowest BCUT2D eigenvalue weighted by molar-refractivity contribution is -0.109. The van der Waals surface area contributed by atoms with Crippen LogP contribution in [-0.2, 0) is 4.79 Å². The molecule has 1 atom stereocenters. The van der Waals surface area contributed by atoms with E-state index in [1.807, 2.05) is 13.8 Å². The molecule has 0 bridgehead atoms. The third kappa shape index (κ3) is 3.14. The number of fused-ring (bicyclic) bond motifs is 1. The van der Waals surface area contributed by atoms with Crippen molar-refractivity contribution in [3.05, 3.63) is 29.7 Å². The SMILES string of the molecule is CC.Cc1nc2cc([C@@H](O)CC=O)ccc2o1. The second-order valence-corrected chi connectivity index (χ2v) is 3.38. The molecule has 0 aliphatic carbocycles. The van der Waals surface area contributed by atoms with E-state index in [-0.39, 0.29) is 6.42 Å². The maximum absolute atomic E-state index is 10.3. The molecule has 0 spiro atoms. The molecule has 2 rings (SSSR count). The Kier molecular flexibility index (Phi) is 4.84. The number of carbonyl (C=O) groups is 1. The number of aromatic nitrogens is 1. The standard InChI is InChI=1S/C11H11NO3.C2H6/c1-7-12-9-6-8(10(14)4-5-13)2-3-11(9)15-7;1-2/h2-3,5-6,10,14H,4H2,1H3;1-2H3/t10-;/m0./s1. The highest BCUT2D eigenvalue weighted by atomic mass is 16.3. The molecule has 92 valence electrons. The number of rotatable bonds is 3. The van der Waals surface area contributed by atoms with Crippen molar-refractivity contribution >= 4 is 17.4 Å². The van der Waals surface area contributed by atoms with E-state index in [0.29, 0.717) is 28.8 Å².